The molecule has 0 unspecified atom stereocenters. The maximum Gasteiger partial charge on any atom is 0.453 e. The van der Waals surface area contributed by atoms with Crippen LogP contribution in [0.4, 0.5) is 13.2 Å². The van der Waals surface area contributed by atoms with Crippen molar-refractivity contribution in [2.75, 3.05) is 0 Å². The summed E-state index contributed by atoms with van der Waals surface area (Å²) in [6.07, 6.45) is -2.22. The van der Waals surface area contributed by atoms with Crippen LogP contribution in [0.15, 0.2) is 100 Å². The van der Waals surface area contributed by atoms with Gasteiger partial charge < -0.3 is 13.9 Å². The predicted molar refractivity (Wildman–Crippen MR) is 137 cm³/mol. The number of ether oxygens (including phenoxy) is 2. The van der Waals surface area contributed by atoms with Gasteiger partial charge in [0.05, 0.1) is 5.39 Å². The minimum Gasteiger partial charge on any atom is -0.449 e. The highest BCUT2D eigenvalue weighted by Gasteiger charge is 2.40. The summed E-state index contributed by atoms with van der Waals surface area (Å²) >= 11 is 0. The normalized spacial score (nSPS) is 11.8. The molecule has 5 nitrogen and oxygen atoms in total. The predicted octanol–water partition coefficient (Wildman–Crippen LogP) is 7.68. The topological polar surface area (TPSA) is 65.7 Å². The van der Waals surface area contributed by atoms with Crippen LogP contribution in [0.1, 0.15) is 16.9 Å². The van der Waals surface area contributed by atoms with Crippen molar-refractivity contribution in [2.45, 2.75) is 13.1 Å². The van der Waals surface area contributed by atoms with Gasteiger partial charge >= 0.3 is 12.1 Å². The van der Waals surface area contributed by atoms with E-state index in [9.17, 15) is 22.8 Å². The van der Waals surface area contributed by atoms with E-state index in [0.717, 1.165) is 28.0 Å². The molecule has 0 saturated heterocycles. The van der Waals surface area contributed by atoms with Crippen molar-refractivity contribution in [3.63, 3.8) is 0 Å². The molecule has 0 aliphatic heterocycles. The molecule has 38 heavy (non-hydrogen) atoms. The Hall–Kier alpha value is -4.85. The van der Waals surface area contributed by atoms with Crippen molar-refractivity contribution in [2.24, 2.45) is 0 Å². The first-order chi connectivity index (χ1) is 18.2. The van der Waals surface area contributed by atoms with Gasteiger partial charge in [0.1, 0.15) is 17.1 Å². The van der Waals surface area contributed by atoms with Crippen molar-refractivity contribution >= 4 is 33.8 Å². The number of alkyl halides is 3. The maximum absolute atomic E-state index is 13.8. The van der Waals surface area contributed by atoms with E-state index in [4.69, 9.17) is 13.9 Å². The summed E-state index contributed by atoms with van der Waals surface area (Å²) in [6, 6.07) is 23.1. The van der Waals surface area contributed by atoms with E-state index in [1.807, 2.05) is 42.5 Å². The van der Waals surface area contributed by atoms with E-state index in [0.29, 0.717) is 0 Å². The number of rotatable bonds is 5. The zero-order chi connectivity index (χ0) is 26.9. The SMILES string of the molecule is Cc1cccc(Oc2c(C(F)(F)F)oc3cc(OC(=O)/C=C/c4cccc5ccccc45)ccc3c2=O)c1. The molecular weight excluding hydrogens is 497 g/mol. The fourth-order valence-electron chi connectivity index (χ4n) is 4.00. The third kappa shape index (κ3) is 5.15. The highest BCUT2D eigenvalue weighted by Crippen LogP contribution is 2.38. The number of aryl methyl sites for hydroxylation is 1. The van der Waals surface area contributed by atoms with Crippen LogP contribution in [0.3, 0.4) is 0 Å². The Bertz CT molecular complexity index is 1760. The van der Waals surface area contributed by atoms with Gasteiger partial charge in [-0.15, -0.1) is 0 Å². The van der Waals surface area contributed by atoms with E-state index in [1.165, 1.54) is 30.3 Å². The van der Waals surface area contributed by atoms with E-state index >= 15 is 0 Å². The van der Waals surface area contributed by atoms with Crippen LogP contribution in [0.25, 0.3) is 27.8 Å². The molecule has 8 heteroatoms. The molecule has 5 aromatic rings. The summed E-state index contributed by atoms with van der Waals surface area (Å²) in [5, 5.41) is 1.78. The number of fused-ring (bicyclic) bond motifs is 2. The highest BCUT2D eigenvalue weighted by atomic mass is 19.4. The van der Waals surface area contributed by atoms with Crippen LogP contribution in [0.5, 0.6) is 17.2 Å². The van der Waals surface area contributed by atoms with Gasteiger partial charge in [0.2, 0.25) is 11.2 Å². The summed E-state index contributed by atoms with van der Waals surface area (Å²) in [5.74, 6) is -3.34. The summed E-state index contributed by atoms with van der Waals surface area (Å²) in [7, 11) is 0. The van der Waals surface area contributed by atoms with Crippen LogP contribution >= 0.6 is 0 Å². The quantitative estimate of drug-likeness (QED) is 0.136. The standard InChI is InChI=1S/C30H19F3O5/c1-18-6-4-10-21(16-18)37-28-27(35)24-14-13-22(17-25(24)38-29(28)30(31,32)33)36-26(34)15-12-20-9-5-8-19-7-2-3-11-23(19)20/h2-17H,1H3/b15-12+. The monoisotopic (exact) mass is 516 g/mol. The zero-order valence-electron chi connectivity index (χ0n) is 19.9. The van der Waals surface area contributed by atoms with Crippen molar-refractivity contribution in [1.29, 1.82) is 0 Å². The molecule has 4 aromatic carbocycles. The molecule has 0 amide bonds. The number of carbonyl (C=O) groups excluding carboxylic acids is 1. The molecule has 5 rings (SSSR count). The average molecular weight is 516 g/mol. The molecule has 0 aliphatic rings. The van der Waals surface area contributed by atoms with Gasteiger partial charge in [-0.1, -0.05) is 54.6 Å². The molecule has 190 valence electrons. The third-order valence-electron chi connectivity index (χ3n) is 5.73. The second kappa shape index (κ2) is 9.89. The highest BCUT2D eigenvalue weighted by molar-refractivity contribution is 5.95. The lowest BCUT2D eigenvalue weighted by Gasteiger charge is -2.13. The van der Waals surface area contributed by atoms with Gasteiger partial charge in [-0.25, -0.2) is 4.79 Å². The molecule has 0 fully saturated rings. The third-order valence-corrected chi connectivity index (χ3v) is 5.73. The maximum atomic E-state index is 13.8. The van der Waals surface area contributed by atoms with Crippen LogP contribution in [0.2, 0.25) is 0 Å². The number of benzene rings is 4. The second-order valence-electron chi connectivity index (χ2n) is 8.49. The average Bonchev–Trinajstić information content (AvgIpc) is 2.88. The van der Waals surface area contributed by atoms with Gasteiger partial charge in [0.15, 0.2) is 0 Å². The van der Waals surface area contributed by atoms with Crippen molar-refractivity contribution < 1.29 is 31.9 Å². The minimum absolute atomic E-state index is 0.0608. The largest absolute Gasteiger partial charge is 0.453 e. The fourth-order valence-corrected chi connectivity index (χ4v) is 4.00. The Morgan fingerprint density at radius 2 is 1.63 bits per heavy atom. The number of hydrogen-bond donors (Lipinski definition) is 0. The number of esters is 1. The Morgan fingerprint density at radius 3 is 2.42 bits per heavy atom. The summed E-state index contributed by atoms with van der Waals surface area (Å²) in [6.45, 7) is 1.74. The first-order valence-corrected chi connectivity index (χ1v) is 11.5. The zero-order valence-corrected chi connectivity index (χ0v) is 19.9. The van der Waals surface area contributed by atoms with Gasteiger partial charge in [-0.3, -0.25) is 4.79 Å². The fraction of sp³-hybridized carbons (Fsp3) is 0.0667. The van der Waals surface area contributed by atoms with Crippen molar-refractivity contribution in [3.05, 3.63) is 118 Å². The molecule has 0 aliphatic carbocycles. The summed E-state index contributed by atoms with van der Waals surface area (Å²) < 4.78 is 57.1. The molecule has 1 aromatic heterocycles. The lowest BCUT2D eigenvalue weighted by Crippen LogP contribution is -2.15. The number of carbonyl (C=O) groups is 1. The molecule has 0 N–H and O–H groups in total. The van der Waals surface area contributed by atoms with E-state index in [2.05, 4.69) is 0 Å². The second-order valence-corrected chi connectivity index (χ2v) is 8.49. The number of hydrogen-bond acceptors (Lipinski definition) is 5. The van der Waals surface area contributed by atoms with Gasteiger partial charge in [0.25, 0.3) is 5.76 Å². The lowest BCUT2D eigenvalue weighted by atomic mass is 10.0. The Morgan fingerprint density at radius 1 is 0.868 bits per heavy atom. The summed E-state index contributed by atoms with van der Waals surface area (Å²) in [4.78, 5) is 25.4. The van der Waals surface area contributed by atoms with Gasteiger partial charge in [-0.05, 0) is 59.2 Å². The molecular formula is C30H19F3O5. The Labute approximate surface area is 214 Å². The Kier molecular flexibility index (Phi) is 6.46. The minimum atomic E-state index is -5.01. The van der Waals surface area contributed by atoms with Crippen molar-refractivity contribution in [1.82, 2.24) is 0 Å². The first kappa shape index (κ1) is 24.8. The molecule has 0 bridgehead atoms. The summed E-state index contributed by atoms with van der Waals surface area (Å²) in [5.41, 5.74) is 0.124. The van der Waals surface area contributed by atoms with Crippen LogP contribution < -0.4 is 14.9 Å². The van der Waals surface area contributed by atoms with Gasteiger partial charge in [-0.2, -0.15) is 13.2 Å². The molecule has 0 atom stereocenters. The molecule has 0 spiro atoms. The first-order valence-electron chi connectivity index (χ1n) is 11.5. The van der Waals surface area contributed by atoms with Crippen LogP contribution in [-0.4, -0.2) is 5.97 Å². The smallest absolute Gasteiger partial charge is 0.449 e. The lowest BCUT2D eigenvalue weighted by molar-refractivity contribution is -0.154. The molecule has 0 saturated carbocycles. The number of halogens is 3. The van der Waals surface area contributed by atoms with Crippen molar-refractivity contribution in [3.8, 4) is 17.2 Å². The van der Waals surface area contributed by atoms with E-state index in [-0.39, 0.29) is 16.9 Å². The van der Waals surface area contributed by atoms with E-state index < -0.39 is 34.7 Å². The van der Waals surface area contributed by atoms with Crippen LogP contribution in [-0.2, 0) is 11.0 Å². The molecule has 1 heterocycles. The van der Waals surface area contributed by atoms with Crippen LogP contribution in [0, 0.1) is 6.92 Å². The molecule has 0 radical (unpaired) electrons. The van der Waals surface area contributed by atoms with Gasteiger partial charge in [0, 0.05) is 12.1 Å². The van der Waals surface area contributed by atoms with E-state index in [1.54, 1.807) is 25.1 Å². The Balaban J connectivity index is 1.45.